The Hall–Kier alpha value is -1.72. The SMILES string of the molecule is CCC[C@@H](CNC(=O)c1ccccc1C(F)(F)F)c1ccc(Cl)cc1Cl. The molecule has 2 aromatic rings. The fourth-order valence-corrected chi connectivity index (χ4v) is 3.35. The lowest BCUT2D eigenvalue weighted by molar-refractivity contribution is -0.137. The van der Waals surface area contributed by atoms with Crippen LogP contribution in [0.3, 0.4) is 0 Å². The van der Waals surface area contributed by atoms with Crippen LogP contribution in [0, 0.1) is 0 Å². The summed E-state index contributed by atoms with van der Waals surface area (Å²) in [7, 11) is 0. The number of rotatable bonds is 6. The van der Waals surface area contributed by atoms with E-state index in [0.29, 0.717) is 10.0 Å². The summed E-state index contributed by atoms with van der Waals surface area (Å²) in [5, 5.41) is 3.58. The highest BCUT2D eigenvalue weighted by molar-refractivity contribution is 6.35. The van der Waals surface area contributed by atoms with E-state index < -0.39 is 23.2 Å². The second-order valence-electron chi connectivity index (χ2n) is 5.90. The van der Waals surface area contributed by atoms with E-state index in [4.69, 9.17) is 23.2 Å². The summed E-state index contributed by atoms with van der Waals surface area (Å²) in [6.07, 6.45) is -3.03. The highest BCUT2D eigenvalue weighted by atomic mass is 35.5. The Morgan fingerprint density at radius 3 is 2.46 bits per heavy atom. The minimum atomic E-state index is -4.59. The number of alkyl halides is 3. The molecule has 0 saturated carbocycles. The van der Waals surface area contributed by atoms with E-state index in [1.54, 1.807) is 18.2 Å². The molecular formula is C19H18Cl2F3NO. The molecule has 1 amide bonds. The number of hydrogen-bond acceptors (Lipinski definition) is 1. The van der Waals surface area contributed by atoms with Gasteiger partial charge in [0.15, 0.2) is 0 Å². The molecule has 140 valence electrons. The minimum absolute atomic E-state index is 0.119. The molecule has 0 radical (unpaired) electrons. The van der Waals surface area contributed by atoms with Crippen molar-refractivity contribution in [2.75, 3.05) is 6.54 Å². The third-order valence-electron chi connectivity index (χ3n) is 4.03. The predicted molar refractivity (Wildman–Crippen MR) is 97.9 cm³/mol. The van der Waals surface area contributed by atoms with Gasteiger partial charge in [-0.3, -0.25) is 4.79 Å². The normalized spacial score (nSPS) is 12.7. The van der Waals surface area contributed by atoms with E-state index in [9.17, 15) is 18.0 Å². The molecule has 2 aromatic carbocycles. The van der Waals surface area contributed by atoms with Crippen LogP contribution in [0.15, 0.2) is 42.5 Å². The number of hydrogen-bond donors (Lipinski definition) is 1. The molecule has 2 rings (SSSR count). The van der Waals surface area contributed by atoms with Gasteiger partial charge < -0.3 is 5.32 Å². The van der Waals surface area contributed by atoms with E-state index in [1.807, 2.05) is 6.92 Å². The standard InChI is InChI=1S/C19H18Cl2F3NO/c1-2-5-12(14-9-8-13(20)10-17(14)21)11-25-18(26)15-6-3-4-7-16(15)19(22,23)24/h3-4,6-10,12H,2,5,11H2,1H3,(H,25,26)/t12-/m0/s1. The largest absolute Gasteiger partial charge is 0.417 e. The van der Waals surface area contributed by atoms with Crippen molar-refractivity contribution in [3.05, 3.63) is 69.2 Å². The predicted octanol–water partition coefficient (Wildman–Crippen LogP) is 6.33. The van der Waals surface area contributed by atoms with Gasteiger partial charge in [-0.05, 0) is 36.2 Å². The van der Waals surface area contributed by atoms with E-state index in [2.05, 4.69) is 5.32 Å². The van der Waals surface area contributed by atoms with Gasteiger partial charge in [0.1, 0.15) is 0 Å². The summed E-state index contributed by atoms with van der Waals surface area (Å²) in [5.74, 6) is -0.879. The van der Waals surface area contributed by atoms with Gasteiger partial charge in [0, 0.05) is 22.5 Å². The smallest absolute Gasteiger partial charge is 0.351 e. The lowest BCUT2D eigenvalue weighted by Gasteiger charge is -2.20. The summed E-state index contributed by atoms with van der Waals surface area (Å²) < 4.78 is 39.2. The van der Waals surface area contributed by atoms with E-state index >= 15 is 0 Å². The van der Waals surface area contributed by atoms with E-state index in [0.717, 1.165) is 24.5 Å². The Balaban J connectivity index is 2.18. The Kier molecular flexibility index (Phi) is 6.95. The highest BCUT2D eigenvalue weighted by Gasteiger charge is 2.34. The number of carbonyl (C=O) groups is 1. The first-order chi connectivity index (χ1) is 12.2. The number of halogens is 5. The molecule has 0 aliphatic carbocycles. The Morgan fingerprint density at radius 2 is 1.85 bits per heavy atom. The number of amides is 1. The first-order valence-electron chi connectivity index (χ1n) is 8.13. The lowest BCUT2D eigenvalue weighted by Crippen LogP contribution is -2.30. The second kappa shape index (κ2) is 8.78. The molecule has 0 heterocycles. The van der Waals surface area contributed by atoms with Crippen molar-refractivity contribution in [3.8, 4) is 0 Å². The molecule has 0 spiro atoms. The lowest BCUT2D eigenvalue weighted by atomic mass is 9.94. The van der Waals surface area contributed by atoms with Crippen molar-refractivity contribution in [1.29, 1.82) is 0 Å². The van der Waals surface area contributed by atoms with Gasteiger partial charge in [0.25, 0.3) is 5.91 Å². The van der Waals surface area contributed by atoms with Gasteiger partial charge >= 0.3 is 6.18 Å². The van der Waals surface area contributed by atoms with Crippen LogP contribution in [-0.2, 0) is 6.18 Å². The molecule has 0 aromatic heterocycles. The van der Waals surface area contributed by atoms with Crippen LogP contribution in [0.25, 0.3) is 0 Å². The van der Waals surface area contributed by atoms with Crippen LogP contribution in [0.1, 0.15) is 47.2 Å². The van der Waals surface area contributed by atoms with Crippen molar-refractivity contribution in [2.24, 2.45) is 0 Å². The molecule has 0 aliphatic heterocycles. The molecule has 2 nitrogen and oxygen atoms in total. The van der Waals surface area contributed by atoms with Gasteiger partial charge in [-0.25, -0.2) is 0 Å². The molecular weight excluding hydrogens is 386 g/mol. The molecule has 0 unspecified atom stereocenters. The van der Waals surface area contributed by atoms with Crippen molar-refractivity contribution in [2.45, 2.75) is 31.9 Å². The van der Waals surface area contributed by atoms with Crippen LogP contribution in [0.4, 0.5) is 13.2 Å². The van der Waals surface area contributed by atoms with Crippen molar-refractivity contribution >= 4 is 29.1 Å². The molecule has 1 atom stereocenters. The monoisotopic (exact) mass is 403 g/mol. The van der Waals surface area contributed by atoms with Crippen LogP contribution < -0.4 is 5.32 Å². The third kappa shape index (κ3) is 5.15. The highest BCUT2D eigenvalue weighted by Crippen LogP contribution is 2.32. The Bertz CT molecular complexity index is 778. The maximum absolute atomic E-state index is 13.1. The van der Waals surface area contributed by atoms with E-state index in [-0.39, 0.29) is 12.5 Å². The van der Waals surface area contributed by atoms with Crippen molar-refractivity contribution in [3.63, 3.8) is 0 Å². The molecule has 0 aliphatic rings. The van der Waals surface area contributed by atoms with Crippen LogP contribution >= 0.6 is 23.2 Å². The van der Waals surface area contributed by atoms with Gasteiger partial charge in [-0.1, -0.05) is 54.7 Å². The maximum Gasteiger partial charge on any atom is 0.417 e. The molecule has 0 bridgehead atoms. The fourth-order valence-electron chi connectivity index (χ4n) is 2.79. The van der Waals surface area contributed by atoms with Gasteiger partial charge in [-0.15, -0.1) is 0 Å². The summed E-state index contributed by atoms with van der Waals surface area (Å²) in [6.45, 7) is 2.16. The molecule has 0 saturated heterocycles. The molecule has 26 heavy (non-hydrogen) atoms. The van der Waals surface area contributed by atoms with Crippen molar-refractivity contribution < 1.29 is 18.0 Å². The van der Waals surface area contributed by atoms with E-state index in [1.165, 1.54) is 18.2 Å². The van der Waals surface area contributed by atoms with Gasteiger partial charge in [0.2, 0.25) is 0 Å². The zero-order chi connectivity index (χ0) is 19.3. The Morgan fingerprint density at radius 1 is 1.15 bits per heavy atom. The average Bonchev–Trinajstić information content (AvgIpc) is 2.58. The minimum Gasteiger partial charge on any atom is -0.351 e. The quantitative estimate of drug-likeness (QED) is 0.599. The van der Waals surface area contributed by atoms with Crippen molar-refractivity contribution in [1.82, 2.24) is 5.32 Å². The van der Waals surface area contributed by atoms with Gasteiger partial charge in [-0.2, -0.15) is 13.2 Å². The molecule has 0 fully saturated rings. The first kappa shape index (κ1) is 20.6. The molecule has 7 heteroatoms. The summed E-state index contributed by atoms with van der Waals surface area (Å²) in [4.78, 5) is 12.3. The average molecular weight is 404 g/mol. The van der Waals surface area contributed by atoms with Crippen LogP contribution in [0.2, 0.25) is 10.0 Å². The zero-order valence-electron chi connectivity index (χ0n) is 14.0. The van der Waals surface area contributed by atoms with Crippen LogP contribution in [-0.4, -0.2) is 12.5 Å². The maximum atomic E-state index is 13.1. The third-order valence-corrected chi connectivity index (χ3v) is 4.59. The molecule has 1 N–H and O–H groups in total. The fraction of sp³-hybridized carbons (Fsp3) is 0.316. The summed E-state index contributed by atoms with van der Waals surface area (Å²) in [6, 6.07) is 9.82. The number of nitrogens with one attached hydrogen (secondary N) is 1. The summed E-state index contributed by atoms with van der Waals surface area (Å²) in [5.41, 5.74) is -0.533. The van der Waals surface area contributed by atoms with Gasteiger partial charge in [0.05, 0.1) is 11.1 Å². The number of carbonyl (C=O) groups excluding carboxylic acids is 1. The van der Waals surface area contributed by atoms with Crippen LogP contribution in [0.5, 0.6) is 0 Å². The zero-order valence-corrected chi connectivity index (χ0v) is 15.6. The number of benzene rings is 2. The topological polar surface area (TPSA) is 29.1 Å². The second-order valence-corrected chi connectivity index (χ2v) is 6.75. The first-order valence-corrected chi connectivity index (χ1v) is 8.89. The summed E-state index contributed by atoms with van der Waals surface area (Å²) >= 11 is 12.1. The Labute approximate surface area is 160 Å².